The molecular weight excluding hydrogens is 211 g/mol. The van der Waals surface area contributed by atoms with Crippen LogP contribution < -0.4 is 0 Å². The highest BCUT2D eigenvalue weighted by atomic mass is 35.5. The van der Waals surface area contributed by atoms with Crippen LogP contribution in [0.2, 0.25) is 5.02 Å². The van der Waals surface area contributed by atoms with Crippen LogP contribution in [0.25, 0.3) is 10.9 Å². The van der Waals surface area contributed by atoms with Gasteiger partial charge in [-0.15, -0.1) is 0 Å². The van der Waals surface area contributed by atoms with Gasteiger partial charge in [0.05, 0.1) is 10.5 Å². The van der Waals surface area contributed by atoms with E-state index in [2.05, 4.69) is 10.2 Å². The van der Waals surface area contributed by atoms with Gasteiger partial charge in [0.2, 0.25) is 0 Å². The average Bonchev–Trinajstić information content (AvgIpc) is 2.48. The lowest BCUT2D eigenvalue weighted by atomic mass is 10.2. The smallest absolute Gasteiger partial charge is 0.357 e. The van der Waals surface area contributed by atoms with Crippen molar-refractivity contribution in [2.75, 3.05) is 0 Å². The Labute approximate surface area is 82.3 Å². The molecule has 1 heterocycles. The lowest BCUT2D eigenvalue weighted by Gasteiger charge is -1.94. The first kappa shape index (κ1) is 8.96. The first-order valence-electron chi connectivity index (χ1n) is 3.66. The third kappa shape index (κ3) is 1.22. The summed E-state index contributed by atoms with van der Waals surface area (Å²) in [5.41, 5.74) is 0.185. The Morgan fingerprint density at radius 2 is 2.29 bits per heavy atom. The van der Waals surface area contributed by atoms with Gasteiger partial charge in [0.1, 0.15) is 5.82 Å². The molecule has 14 heavy (non-hydrogen) atoms. The van der Waals surface area contributed by atoms with Gasteiger partial charge in [-0.3, -0.25) is 5.10 Å². The number of aromatic carboxylic acids is 1. The summed E-state index contributed by atoms with van der Waals surface area (Å²) in [5, 5.41) is 14.8. The lowest BCUT2D eigenvalue weighted by molar-refractivity contribution is 0.0692. The molecule has 0 saturated heterocycles. The first-order valence-corrected chi connectivity index (χ1v) is 4.04. The number of fused-ring (bicyclic) bond motifs is 1. The molecule has 2 rings (SSSR count). The Morgan fingerprint density at radius 3 is 2.93 bits per heavy atom. The summed E-state index contributed by atoms with van der Waals surface area (Å²) < 4.78 is 13.0. The number of carboxylic acids is 1. The van der Waals surface area contributed by atoms with E-state index < -0.39 is 11.8 Å². The number of carboxylic acid groups (broad SMARTS) is 1. The van der Waals surface area contributed by atoms with Crippen molar-refractivity contribution >= 4 is 28.5 Å². The molecule has 1 aromatic carbocycles. The quantitative estimate of drug-likeness (QED) is 0.764. The number of hydrogen-bond acceptors (Lipinski definition) is 2. The Hall–Kier alpha value is -1.62. The summed E-state index contributed by atoms with van der Waals surface area (Å²) in [5.74, 6) is -1.87. The molecule has 0 aliphatic rings. The molecule has 2 N–H and O–H groups in total. The number of carbonyl (C=O) groups is 1. The molecular formula is C8H4ClFN2O2. The lowest BCUT2D eigenvalue weighted by Crippen LogP contribution is -1.96. The van der Waals surface area contributed by atoms with Gasteiger partial charge in [0.15, 0.2) is 5.69 Å². The fraction of sp³-hybridized carbons (Fsp3) is 0. The predicted molar refractivity (Wildman–Crippen MR) is 48.0 cm³/mol. The maximum atomic E-state index is 13.0. The molecule has 0 saturated carbocycles. The molecule has 0 amide bonds. The summed E-state index contributed by atoms with van der Waals surface area (Å²) in [6.45, 7) is 0. The van der Waals surface area contributed by atoms with Crippen LogP contribution in [0, 0.1) is 5.82 Å². The van der Waals surface area contributed by atoms with E-state index >= 15 is 0 Å². The average molecular weight is 215 g/mol. The number of aromatic amines is 1. The monoisotopic (exact) mass is 214 g/mol. The minimum atomic E-state index is -1.21. The van der Waals surface area contributed by atoms with Crippen molar-refractivity contribution in [2.24, 2.45) is 0 Å². The second-order valence-corrected chi connectivity index (χ2v) is 3.10. The van der Waals surface area contributed by atoms with Crippen LogP contribution in [0.5, 0.6) is 0 Å². The van der Waals surface area contributed by atoms with Gasteiger partial charge in [-0.1, -0.05) is 11.6 Å². The molecule has 0 bridgehead atoms. The minimum absolute atomic E-state index is 0.0712. The van der Waals surface area contributed by atoms with E-state index in [-0.39, 0.29) is 16.1 Å². The zero-order chi connectivity index (χ0) is 10.3. The number of benzene rings is 1. The van der Waals surface area contributed by atoms with Gasteiger partial charge < -0.3 is 5.11 Å². The summed E-state index contributed by atoms with van der Waals surface area (Å²) >= 11 is 5.51. The zero-order valence-corrected chi connectivity index (χ0v) is 7.47. The summed E-state index contributed by atoms with van der Waals surface area (Å²) in [4.78, 5) is 10.6. The fourth-order valence-corrected chi connectivity index (χ4v) is 1.34. The highest BCUT2D eigenvalue weighted by molar-refractivity contribution is 6.31. The van der Waals surface area contributed by atoms with Crippen LogP contribution in [0.15, 0.2) is 12.1 Å². The molecule has 0 fully saturated rings. The third-order valence-electron chi connectivity index (χ3n) is 1.81. The van der Waals surface area contributed by atoms with Crippen molar-refractivity contribution in [3.8, 4) is 0 Å². The number of halogens is 2. The first-order chi connectivity index (χ1) is 6.59. The normalized spacial score (nSPS) is 10.7. The van der Waals surface area contributed by atoms with Crippen molar-refractivity contribution in [2.45, 2.75) is 0 Å². The van der Waals surface area contributed by atoms with Crippen LogP contribution in [0.1, 0.15) is 10.5 Å². The van der Waals surface area contributed by atoms with Gasteiger partial charge in [-0.25, -0.2) is 9.18 Å². The van der Waals surface area contributed by atoms with Crippen LogP contribution in [0.4, 0.5) is 4.39 Å². The van der Waals surface area contributed by atoms with Crippen LogP contribution in [-0.4, -0.2) is 21.3 Å². The number of nitrogens with one attached hydrogen (secondary N) is 1. The zero-order valence-electron chi connectivity index (χ0n) is 6.71. The number of rotatable bonds is 1. The second kappa shape index (κ2) is 2.95. The van der Waals surface area contributed by atoms with E-state index in [9.17, 15) is 9.18 Å². The van der Waals surface area contributed by atoms with Crippen molar-refractivity contribution in [3.63, 3.8) is 0 Å². The van der Waals surface area contributed by atoms with Crippen molar-refractivity contribution in [1.29, 1.82) is 0 Å². The molecule has 0 spiro atoms. The topological polar surface area (TPSA) is 66.0 Å². The van der Waals surface area contributed by atoms with Crippen LogP contribution >= 0.6 is 11.6 Å². The highest BCUT2D eigenvalue weighted by Crippen LogP contribution is 2.23. The summed E-state index contributed by atoms with van der Waals surface area (Å²) in [7, 11) is 0. The van der Waals surface area contributed by atoms with Crippen molar-refractivity contribution < 1.29 is 14.3 Å². The minimum Gasteiger partial charge on any atom is -0.476 e. The molecule has 1 aromatic heterocycles. The van der Waals surface area contributed by atoms with Crippen molar-refractivity contribution in [1.82, 2.24) is 10.2 Å². The third-order valence-corrected chi connectivity index (χ3v) is 2.10. The van der Waals surface area contributed by atoms with E-state index in [0.717, 1.165) is 6.07 Å². The standard InChI is InChI=1S/C8H4ClFN2O2/c9-4-2-6-3(1-5(4)10)7(8(13)14)12-11-6/h1-2H,(H,11,12)(H,13,14). The van der Waals surface area contributed by atoms with Gasteiger partial charge in [0, 0.05) is 5.39 Å². The fourth-order valence-electron chi connectivity index (χ4n) is 1.17. The second-order valence-electron chi connectivity index (χ2n) is 2.69. The molecule has 4 nitrogen and oxygen atoms in total. The highest BCUT2D eigenvalue weighted by Gasteiger charge is 2.14. The Bertz CT molecular complexity index is 523. The predicted octanol–water partition coefficient (Wildman–Crippen LogP) is 2.05. The van der Waals surface area contributed by atoms with E-state index in [1.807, 2.05) is 0 Å². The largest absolute Gasteiger partial charge is 0.476 e. The molecule has 0 unspecified atom stereocenters. The maximum Gasteiger partial charge on any atom is 0.357 e. The van der Waals surface area contributed by atoms with E-state index in [1.165, 1.54) is 6.07 Å². The van der Waals surface area contributed by atoms with Crippen LogP contribution in [-0.2, 0) is 0 Å². The van der Waals surface area contributed by atoms with Gasteiger partial charge in [-0.05, 0) is 12.1 Å². The molecule has 2 aromatic rings. The van der Waals surface area contributed by atoms with Crippen LogP contribution in [0.3, 0.4) is 0 Å². The molecule has 0 aliphatic carbocycles. The SMILES string of the molecule is O=C(O)c1n[nH]c2cc(Cl)c(F)cc12. The number of aromatic nitrogens is 2. The molecule has 6 heteroatoms. The Balaban J connectivity index is 2.80. The molecule has 72 valence electrons. The summed E-state index contributed by atoms with van der Waals surface area (Å²) in [6, 6.07) is 2.34. The molecule has 0 radical (unpaired) electrons. The maximum absolute atomic E-state index is 13.0. The molecule has 0 aliphatic heterocycles. The van der Waals surface area contributed by atoms with E-state index in [1.54, 1.807) is 0 Å². The van der Waals surface area contributed by atoms with E-state index in [4.69, 9.17) is 16.7 Å². The van der Waals surface area contributed by atoms with E-state index in [0.29, 0.717) is 5.52 Å². The number of H-pyrrole nitrogens is 1. The molecule has 0 atom stereocenters. The number of nitrogens with zero attached hydrogens (tertiary/aromatic N) is 1. The van der Waals surface area contributed by atoms with Gasteiger partial charge >= 0.3 is 5.97 Å². The number of hydrogen-bond donors (Lipinski definition) is 2. The summed E-state index contributed by atoms with van der Waals surface area (Å²) in [6.07, 6.45) is 0. The Morgan fingerprint density at radius 1 is 1.57 bits per heavy atom. The van der Waals surface area contributed by atoms with Crippen molar-refractivity contribution in [3.05, 3.63) is 28.7 Å². The Kier molecular flexibility index (Phi) is 1.89. The van der Waals surface area contributed by atoms with Gasteiger partial charge in [-0.2, -0.15) is 5.10 Å². The van der Waals surface area contributed by atoms with Gasteiger partial charge in [0.25, 0.3) is 0 Å².